The van der Waals surface area contributed by atoms with Crippen molar-refractivity contribution in [2.75, 3.05) is 20.7 Å². The van der Waals surface area contributed by atoms with Gasteiger partial charge in [-0.3, -0.25) is 0 Å². The third-order valence-corrected chi connectivity index (χ3v) is 6.55. The van der Waals surface area contributed by atoms with Gasteiger partial charge in [0.15, 0.2) is 17.8 Å². The largest absolute Gasteiger partial charge is 0.491 e. The molecule has 1 aromatic carbocycles. The van der Waals surface area contributed by atoms with E-state index in [9.17, 15) is 0 Å². The van der Waals surface area contributed by atoms with Crippen LogP contribution < -0.4 is 4.74 Å². The molecule has 0 N–H and O–H groups in total. The van der Waals surface area contributed by atoms with Crippen LogP contribution in [0.3, 0.4) is 0 Å². The predicted molar refractivity (Wildman–Crippen MR) is 139 cm³/mol. The molecular weight excluding hydrogens is 496 g/mol. The Morgan fingerprint density at radius 1 is 1.14 bits per heavy atom. The fourth-order valence-electron chi connectivity index (χ4n) is 4.79. The van der Waals surface area contributed by atoms with Crippen molar-refractivity contribution in [3.63, 3.8) is 0 Å². The Labute approximate surface area is 218 Å². The molecule has 10 nitrogen and oxygen atoms in total. The van der Waals surface area contributed by atoms with Crippen molar-refractivity contribution in [2.45, 2.75) is 44.2 Å². The summed E-state index contributed by atoms with van der Waals surface area (Å²) in [5.41, 5.74) is 1.47. The number of nitrogens with zero attached hydrogens (tertiary/aromatic N) is 6. The minimum atomic E-state index is -0.752. The molecular formula is C26H27ClN6O4. The number of benzene rings is 1. The summed E-state index contributed by atoms with van der Waals surface area (Å²) in [5, 5.41) is 2.24. The minimum absolute atomic E-state index is 0.274. The lowest BCUT2D eigenvalue weighted by Gasteiger charge is -2.25. The van der Waals surface area contributed by atoms with Gasteiger partial charge in [0.1, 0.15) is 47.8 Å². The first-order chi connectivity index (χ1) is 17.8. The van der Waals surface area contributed by atoms with Gasteiger partial charge in [0.25, 0.3) is 0 Å². The zero-order chi connectivity index (χ0) is 25.7. The highest BCUT2D eigenvalue weighted by Gasteiger charge is 2.56. The molecule has 2 saturated heterocycles. The minimum Gasteiger partial charge on any atom is -0.491 e. The van der Waals surface area contributed by atoms with E-state index in [4.69, 9.17) is 30.5 Å². The van der Waals surface area contributed by atoms with Crippen LogP contribution >= 0.6 is 11.6 Å². The molecule has 4 atom stereocenters. The molecule has 0 bridgehead atoms. The highest BCUT2D eigenvalue weighted by Crippen LogP contribution is 2.44. The molecule has 0 unspecified atom stereocenters. The van der Waals surface area contributed by atoms with E-state index in [0.717, 1.165) is 16.3 Å². The lowest BCUT2D eigenvalue weighted by atomic mass is 10.1. The van der Waals surface area contributed by atoms with Crippen molar-refractivity contribution in [1.29, 1.82) is 0 Å². The maximum absolute atomic E-state index is 6.48. The van der Waals surface area contributed by atoms with Gasteiger partial charge >= 0.3 is 0 Å². The van der Waals surface area contributed by atoms with E-state index in [-0.39, 0.29) is 24.9 Å². The molecule has 0 radical (unpaired) electrons. The molecule has 0 amide bonds. The number of aromatic nitrogens is 4. The Kier molecular flexibility index (Phi) is 5.99. The molecule has 0 aliphatic carbocycles. The van der Waals surface area contributed by atoms with Crippen molar-refractivity contribution in [1.82, 2.24) is 24.4 Å². The van der Waals surface area contributed by atoms with Gasteiger partial charge in [0.2, 0.25) is 0 Å². The van der Waals surface area contributed by atoms with Crippen LogP contribution in [-0.2, 0) is 14.2 Å². The molecule has 2 aliphatic rings. The number of rotatable bonds is 6. The van der Waals surface area contributed by atoms with Crippen molar-refractivity contribution >= 4 is 45.7 Å². The van der Waals surface area contributed by atoms with Crippen molar-refractivity contribution < 1.29 is 18.9 Å². The summed E-state index contributed by atoms with van der Waals surface area (Å²) in [6.07, 6.45) is 3.64. The third kappa shape index (κ3) is 4.61. The topological polar surface area (TPSA) is 96.1 Å². The van der Waals surface area contributed by atoms with E-state index in [1.54, 1.807) is 12.4 Å². The van der Waals surface area contributed by atoms with Gasteiger partial charge in [0.05, 0.1) is 17.2 Å². The van der Waals surface area contributed by atoms with E-state index in [1.165, 1.54) is 6.33 Å². The average Bonchev–Trinajstić information content (AvgIpc) is 3.52. The van der Waals surface area contributed by atoms with Crippen LogP contribution in [-0.4, -0.2) is 75.6 Å². The SMILES string of the molecule is CN(C)/C=N/c1ncnc2c1ccn2[C@@H]1O[C@H](COc2ccc3ccc(Cl)nc3c2)[C@H]2OC(C)(C)O[C@H]21. The highest BCUT2D eigenvalue weighted by molar-refractivity contribution is 6.29. The molecule has 0 spiro atoms. The molecule has 5 heterocycles. The summed E-state index contributed by atoms with van der Waals surface area (Å²) in [6, 6.07) is 11.4. The number of pyridine rings is 1. The number of hydrogen-bond acceptors (Lipinski definition) is 8. The van der Waals surface area contributed by atoms with Crippen LogP contribution in [0.1, 0.15) is 20.1 Å². The molecule has 0 saturated carbocycles. The van der Waals surface area contributed by atoms with Crippen molar-refractivity contribution in [3.05, 3.63) is 54.1 Å². The molecule has 3 aromatic heterocycles. The predicted octanol–water partition coefficient (Wildman–Crippen LogP) is 4.35. The highest BCUT2D eigenvalue weighted by atomic mass is 35.5. The van der Waals surface area contributed by atoms with Crippen LogP contribution in [0.4, 0.5) is 5.82 Å². The Morgan fingerprint density at radius 2 is 1.95 bits per heavy atom. The van der Waals surface area contributed by atoms with Crippen LogP contribution in [0.2, 0.25) is 5.15 Å². The third-order valence-electron chi connectivity index (χ3n) is 6.34. The normalized spacial score (nSPS) is 24.8. The van der Waals surface area contributed by atoms with E-state index in [0.29, 0.717) is 22.4 Å². The number of fused-ring (bicyclic) bond motifs is 3. The second-order valence-corrected chi connectivity index (χ2v) is 10.2. The second-order valence-electron chi connectivity index (χ2n) is 9.80. The fraction of sp³-hybridized carbons (Fsp3) is 0.385. The van der Waals surface area contributed by atoms with Crippen LogP contribution in [0.25, 0.3) is 21.9 Å². The summed E-state index contributed by atoms with van der Waals surface area (Å²) in [5.74, 6) is 0.505. The molecule has 37 heavy (non-hydrogen) atoms. The summed E-state index contributed by atoms with van der Waals surface area (Å²) in [4.78, 5) is 19.6. The summed E-state index contributed by atoms with van der Waals surface area (Å²) in [6.45, 7) is 4.09. The Bertz CT molecular complexity index is 1490. The number of aliphatic imine (C=N–C) groups is 1. The molecule has 6 rings (SSSR count). The van der Waals surface area contributed by atoms with Gasteiger partial charge in [0, 0.05) is 31.7 Å². The van der Waals surface area contributed by atoms with E-state index >= 15 is 0 Å². The standard InChI is InChI=1S/C26H27ClN6O4/c1-26(2)36-21-19(12-34-16-7-5-15-6-8-20(27)31-18(15)11-16)35-25(22(21)37-26)33-10-9-17-23(30-14-32(3)4)28-13-29-24(17)33/h5-11,13-14,19,21-22,25H,12H2,1-4H3/b30-14+/t19-,21-,22-,25-/m1/s1. The lowest BCUT2D eigenvalue weighted by molar-refractivity contribution is -0.198. The van der Waals surface area contributed by atoms with Crippen LogP contribution in [0.15, 0.2) is 53.9 Å². The zero-order valence-corrected chi connectivity index (χ0v) is 21.7. The zero-order valence-electron chi connectivity index (χ0n) is 20.9. The van der Waals surface area contributed by atoms with Crippen LogP contribution in [0, 0.1) is 0 Å². The Hall–Kier alpha value is -3.31. The summed E-state index contributed by atoms with van der Waals surface area (Å²) >= 11 is 6.06. The summed E-state index contributed by atoms with van der Waals surface area (Å²) < 4.78 is 27.1. The Morgan fingerprint density at radius 3 is 2.78 bits per heavy atom. The fourth-order valence-corrected chi connectivity index (χ4v) is 4.95. The first-order valence-corrected chi connectivity index (χ1v) is 12.4. The quantitative estimate of drug-likeness (QED) is 0.209. The molecule has 4 aromatic rings. The van der Waals surface area contributed by atoms with Crippen molar-refractivity contribution in [2.24, 2.45) is 4.99 Å². The maximum Gasteiger partial charge on any atom is 0.166 e. The van der Waals surface area contributed by atoms with Crippen LogP contribution in [0.5, 0.6) is 5.75 Å². The molecule has 2 fully saturated rings. The van der Waals surface area contributed by atoms with E-state index in [1.807, 2.05) is 73.9 Å². The molecule has 11 heteroatoms. The number of hydrogen-bond donors (Lipinski definition) is 0. The number of ether oxygens (including phenoxy) is 4. The Balaban J connectivity index is 1.27. The van der Waals surface area contributed by atoms with Crippen molar-refractivity contribution in [3.8, 4) is 5.75 Å². The first kappa shape index (κ1) is 24.1. The first-order valence-electron chi connectivity index (χ1n) is 12.0. The van der Waals surface area contributed by atoms with Gasteiger partial charge in [-0.15, -0.1) is 0 Å². The summed E-state index contributed by atoms with van der Waals surface area (Å²) in [7, 11) is 3.81. The van der Waals surface area contributed by atoms with E-state index in [2.05, 4.69) is 19.9 Å². The average molecular weight is 523 g/mol. The van der Waals surface area contributed by atoms with Gasteiger partial charge in [-0.25, -0.2) is 19.9 Å². The van der Waals surface area contributed by atoms with Gasteiger partial charge in [-0.05, 0) is 44.2 Å². The number of halogens is 1. The van der Waals surface area contributed by atoms with E-state index < -0.39 is 12.0 Å². The molecule has 192 valence electrons. The lowest BCUT2D eigenvalue weighted by Crippen LogP contribution is -2.33. The van der Waals surface area contributed by atoms with Gasteiger partial charge in [-0.2, -0.15) is 0 Å². The van der Waals surface area contributed by atoms with Gasteiger partial charge < -0.3 is 28.4 Å². The smallest absolute Gasteiger partial charge is 0.166 e. The second kappa shape index (κ2) is 9.21. The monoisotopic (exact) mass is 522 g/mol. The maximum atomic E-state index is 6.48. The van der Waals surface area contributed by atoms with Gasteiger partial charge in [-0.1, -0.05) is 11.6 Å². The molecule has 2 aliphatic heterocycles.